The Bertz CT molecular complexity index is 492. The smallest absolute Gasteiger partial charge is 0.387 e. The van der Waals surface area contributed by atoms with Crippen LogP contribution >= 0.6 is 0 Å². The van der Waals surface area contributed by atoms with Crippen LogP contribution in [0.2, 0.25) is 0 Å². The van der Waals surface area contributed by atoms with Crippen molar-refractivity contribution < 1.29 is 23.0 Å². The van der Waals surface area contributed by atoms with Gasteiger partial charge in [-0.25, -0.2) is 0 Å². The first-order valence-electron chi connectivity index (χ1n) is 6.86. The van der Waals surface area contributed by atoms with E-state index in [0.717, 1.165) is 25.7 Å². The van der Waals surface area contributed by atoms with Gasteiger partial charge in [-0.2, -0.15) is 8.78 Å². The number of carbonyl (C=O) groups excluding carboxylic acids is 1. The number of halogens is 2. The lowest BCUT2D eigenvalue weighted by molar-refractivity contribution is -0.0498. The third-order valence-corrected chi connectivity index (χ3v) is 4.00. The molecule has 0 amide bonds. The fourth-order valence-electron chi connectivity index (χ4n) is 3.13. The van der Waals surface area contributed by atoms with E-state index in [-0.39, 0.29) is 29.7 Å². The lowest BCUT2D eigenvalue weighted by atomic mass is 9.88. The second-order valence-electron chi connectivity index (χ2n) is 5.40. The lowest BCUT2D eigenvalue weighted by Gasteiger charge is -2.27. The second kappa shape index (κ2) is 5.48. The van der Waals surface area contributed by atoms with Crippen molar-refractivity contribution in [2.45, 2.75) is 44.5 Å². The zero-order valence-electron chi connectivity index (χ0n) is 10.9. The number of ether oxygens (including phenoxy) is 2. The Morgan fingerprint density at radius 3 is 2.60 bits per heavy atom. The van der Waals surface area contributed by atoms with E-state index in [4.69, 9.17) is 4.74 Å². The van der Waals surface area contributed by atoms with Crippen LogP contribution < -0.4 is 4.74 Å². The summed E-state index contributed by atoms with van der Waals surface area (Å²) in [6.07, 6.45) is 3.86. The van der Waals surface area contributed by atoms with Gasteiger partial charge in [-0.15, -0.1) is 0 Å². The first-order chi connectivity index (χ1) is 9.61. The molecule has 2 heterocycles. The summed E-state index contributed by atoms with van der Waals surface area (Å²) in [6, 6.07) is 6.04. The Morgan fingerprint density at radius 2 is 1.95 bits per heavy atom. The van der Waals surface area contributed by atoms with Gasteiger partial charge in [-0.3, -0.25) is 4.79 Å². The number of hydrogen-bond acceptors (Lipinski definition) is 3. The Labute approximate surface area is 115 Å². The molecule has 2 saturated heterocycles. The maximum atomic E-state index is 12.5. The molecular weight excluding hydrogens is 266 g/mol. The predicted octanol–water partition coefficient (Wildman–Crippen LogP) is 3.43. The number of alkyl halides is 2. The molecule has 2 fully saturated rings. The van der Waals surface area contributed by atoms with Crippen LogP contribution in [0.4, 0.5) is 8.78 Å². The second-order valence-corrected chi connectivity index (χ2v) is 5.40. The molecule has 0 aliphatic carbocycles. The van der Waals surface area contributed by atoms with Crippen molar-refractivity contribution in [1.29, 1.82) is 0 Å². The molecule has 2 unspecified atom stereocenters. The van der Waals surface area contributed by atoms with Gasteiger partial charge in [0.25, 0.3) is 0 Å². The van der Waals surface area contributed by atoms with Gasteiger partial charge < -0.3 is 9.47 Å². The number of rotatable bonds is 4. The van der Waals surface area contributed by atoms with Crippen molar-refractivity contribution in [3.8, 4) is 5.75 Å². The van der Waals surface area contributed by atoms with Gasteiger partial charge in [-0.05, 0) is 37.8 Å². The van der Waals surface area contributed by atoms with E-state index in [1.54, 1.807) is 12.1 Å². The molecule has 2 aliphatic rings. The van der Waals surface area contributed by atoms with Gasteiger partial charge >= 0.3 is 6.61 Å². The van der Waals surface area contributed by atoms with Crippen molar-refractivity contribution in [1.82, 2.24) is 0 Å². The SMILES string of the molecule is O=C(c1cccc(OC(F)F)c1)C1CC2CCC(C1)O2. The maximum Gasteiger partial charge on any atom is 0.387 e. The van der Waals surface area contributed by atoms with Gasteiger partial charge in [0.05, 0.1) is 12.2 Å². The number of hydrogen-bond donors (Lipinski definition) is 0. The molecule has 0 N–H and O–H groups in total. The Kier molecular flexibility index (Phi) is 3.70. The highest BCUT2D eigenvalue weighted by Gasteiger charge is 2.38. The molecule has 108 valence electrons. The van der Waals surface area contributed by atoms with Gasteiger partial charge in [-0.1, -0.05) is 12.1 Å². The molecular formula is C15H16F2O3. The maximum absolute atomic E-state index is 12.5. The summed E-state index contributed by atoms with van der Waals surface area (Å²) in [7, 11) is 0. The number of fused-ring (bicyclic) bond motifs is 2. The van der Waals surface area contributed by atoms with Crippen LogP contribution in [0.3, 0.4) is 0 Å². The van der Waals surface area contributed by atoms with Gasteiger partial charge in [0.2, 0.25) is 0 Å². The zero-order chi connectivity index (χ0) is 14.1. The van der Waals surface area contributed by atoms with E-state index < -0.39 is 6.61 Å². The van der Waals surface area contributed by atoms with Crippen molar-refractivity contribution in [3.05, 3.63) is 29.8 Å². The summed E-state index contributed by atoms with van der Waals surface area (Å²) in [5, 5.41) is 0. The van der Waals surface area contributed by atoms with Gasteiger partial charge in [0.1, 0.15) is 5.75 Å². The fourth-order valence-corrected chi connectivity index (χ4v) is 3.13. The fraction of sp³-hybridized carbons (Fsp3) is 0.533. The van der Waals surface area contributed by atoms with Crippen LogP contribution in [-0.2, 0) is 4.74 Å². The molecule has 2 atom stereocenters. The summed E-state index contributed by atoms with van der Waals surface area (Å²) in [4.78, 5) is 12.5. The van der Waals surface area contributed by atoms with E-state index in [0.29, 0.717) is 5.56 Å². The van der Waals surface area contributed by atoms with Crippen LogP contribution in [0.15, 0.2) is 24.3 Å². The normalized spacial score (nSPS) is 28.6. The molecule has 0 saturated carbocycles. The summed E-state index contributed by atoms with van der Waals surface area (Å²) < 4.78 is 34.4. The van der Waals surface area contributed by atoms with Crippen molar-refractivity contribution in [3.63, 3.8) is 0 Å². The third-order valence-electron chi connectivity index (χ3n) is 4.00. The van der Waals surface area contributed by atoms with E-state index in [2.05, 4.69) is 4.74 Å². The van der Waals surface area contributed by atoms with Gasteiger partial charge in [0, 0.05) is 11.5 Å². The minimum absolute atomic E-state index is 0.00455. The largest absolute Gasteiger partial charge is 0.435 e. The predicted molar refractivity (Wildman–Crippen MR) is 68.0 cm³/mol. The topological polar surface area (TPSA) is 35.5 Å². The summed E-state index contributed by atoms with van der Waals surface area (Å²) in [5.41, 5.74) is 0.439. The first kappa shape index (κ1) is 13.5. The third kappa shape index (κ3) is 2.82. The minimum Gasteiger partial charge on any atom is -0.435 e. The number of carbonyl (C=O) groups is 1. The molecule has 2 aliphatic heterocycles. The quantitative estimate of drug-likeness (QED) is 0.794. The minimum atomic E-state index is -2.88. The van der Waals surface area contributed by atoms with E-state index in [1.807, 2.05) is 0 Å². The van der Waals surface area contributed by atoms with Crippen LogP contribution in [0.1, 0.15) is 36.0 Å². The monoisotopic (exact) mass is 282 g/mol. The Hall–Kier alpha value is -1.49. The number of Topliss-reactive ketones (excluding diaryl/α,β-unsaturated/α-hetero) is 1. The molecule has 5 heteroatoms. The highest BCUT2D eigenvalue weighted by Crippen LogP contribution is 2.37. The zero-order valence-corrected chi connectivity index (χ0v) is 10.9. The number of ketones is 1. The molecule has 2 bridgehead atoms. The molecule has 1 aromatic carbocycles. The standard InChI is InChI=1S/C15H16F2O3/c16-15(17)20-11-3-1-2-9(6-11)14(18)10-7-12-4-5-13(8-10)19-12/h1-3,6,10,12-13,15H,4-5,7-8H2. The van der Waals surface area contributed by atoms with Crippen LogP contribution in [-0.4, -0.2) is 24.6 Å². The molecule has 0 spiro atoms. The summed E-state index contributed by atoms with van der Waals surface area (Å²) in [6.45, 7) is -2.88. The van der Waals surface area contributed by atoms with E-state index >= 15 is 0 Å². The van der Waals surface area contributed by atoms with Crippen molar-refractivity contribution in [2.24, 2.45) is 5.92 Å². The van der Waals surface area contributed by atoms with Crippen molar-refractivity contribution in [2.75, 3.05) is 0 Å². The molecule has 3 nitrogen and oxygen atoms in total. The molecule has 1 aromatic rings. The van der Waals surface area contributed by atoms with E-state index in [9.17, 15) is 13.6 Å². The highest BCUT2D eigenvalue weighted by atomic mass is 19.3. The van der Waals surface area contributed by atoms with Crippen molar-refractivity contribution >= 4 is 5.78 Å². The summed E-state index contributed by atoms with van der Waals surface area (Å²) in [5.74, 6) is -0.0335. The van der Waals surface area contributed by atoms with Crippen LogP contribution in [0.25, 0.3) is 0 Å². The van der Waals surface area contributed by atoms with Crippen LogP contribution in [0, 0.1) is 5.92 Å². The van der Waals surface area contributed by atoms with Crippen LogP contribution in [0.5, 0.6) is 5.75 Å². The average Bonchev–Trinajstić information content (AvgIpc) is 2.76. The highest BCUT2D eigenvalue weighted by molar-refractivity contribution is 5.98. The average molecular weight is 282 g/mol. The summed E-state index contributed by atoms with van der Waals surface area (Å²) >= 11 is 0. The Balaban J connectivity index is 1.73. The Morgan fingerprint density at radius 1 is 1.25 bits per heavy atom. The van der Waals surface area contributed by atoms with Gasteiger partial charge in [0.15, 0.2) is 5.78 Å². The molecule has 3 rings (SSSR count). The number of benzene rings is 1. The molecule has 20 heavy (non-hydrogen) atoms. The lowest BCUT2D eigenvalue weighted by Crippen LogP contribution is -2.30. The molecule has 0 aromatic heterocycles. The first-order valence-corrected chi connectivity index (χ1v) is 6.86. The molecule has 0 radical (unpaired) electrons. The van der Waals surface area contributed by atoms with E-state index in [1.165, 1.54) is 12.1 Å².